The number of carbonyl (C=O) groups excluding carboxylic acids is 1. The summed E-state index contributed by atoms with van der Waals surface area (Å²) in [5.41, 5.74) is 4.34. The van der Waals surface area contributed by atoms with Crippen LogP contribution in [0.2, 0.25) is 0 Å². The van der Waals surface area contributed by atoms with E-state index < -0.39 is 0 Å². The molecule has 3 heterocycles. The summed E-state index contributed by atoms with van der Waals surface area (Å²) in [5, 5.41) is 0. The molecular weight excluding hydrogens is 362 g/mol. The molecule has 1 saturated heterocycles. The Balaban J connectivity index is 1.61. The molecule has 1 fully saturated rings. The van der Waals surface area contributed by atoms with Crippen LogP contribution in [0.3, 0.4) is 0 Å². The molecule has 0 radical (unpaired) electrons. The molecule has 4 rings (SSSR count). The quantitative estimate of drug-likeness (QED) is 0.604. The number of aromatic nitrogens is 2. The van der Waals surface area contributed by atoms with Gasteiger partial charge in [0.1, 0.15) is 12.4 Å². The summed E-state index contributed by atoms with van der Waals surface area (Å²) in [5.74, 6) is 0.903. The largest absolute Gasteiger partial charge is 0.445 e. The van der Waals surface area contributed by atoms with Crippen molar-refractivity contribution in [3.8, 4) is 5.82 Å². The lowest BCUT2D eigenvalue weighted by Crippen LogP contribution is -2.39. The van der Waals surface area contributed by atoms with Gasteiger partial charge in [-0.1, -0.05) is 36.4 Å². The highest BCUT2D eigenvalue weighted by molar-refractivity contribution is 5.69. The lowest BCUT2D eigenvalue weighted by atomic mass is 9.96. The number of rotatable bonds is 4. The Morgan fingerprint density at radius 3 is 2.55 bits per heavy atom. The van der Waals surface area contributed by atoms with Crippen molar-refractivity contribution in [1.82, 2.24) is 14.5 Å². The number of piperidine rings is 1. The first-order chi connectivity index (χ1) is 14.1. The van der Waals surface area contributed by atoms with Crippen LogP contribution in [0, 0.1) is 13.8 Å². The molecule has 0 N–H and O–H groups in total. The molecule has 0 saturated carbocycles. The van der Waals surface area contributed by atoms with E-state index in [0.29, 0.717) is 13.2 Å². The number of hydrogen-bond donors (Lipinski definition) is 0. The van der Waals surface area contributed by atoms with Crippen molar-refractivity contribution in [3.63, 3.8) is 0 Å². The molecule has 0 unspecified atom stereocenters. The number of amides is 1. The van der Waals surface area contributed by atoms with Crippen molar-refractivity contribution in [2.45, 2.75) is 45.8 Å². The Bertz CT molecular complexity index is 961. The number of pyridine rings is 1. The Kier molecular flexibility index (Phi) is 5.65. The molecule has 29 heavy (non-hydrogen) atoms. The van der Waals surface area contributed by atoms with E-state index in [9.17, 15) is 4.79 Å². The van der Waals surface area contributed by atoms with Gasteiger partial charge >= 0.3 is 6.09 Å². The van der Waals surface area contributed by atoms with Gasteiger partial charge < -0.3 is 14.2 Å². The molecule has 5 nitrogen and oxygen atoms in total. The van der Waals surface area contributed by atoms with Crippen LogP contribution in [0.1, 0.15) is 47.8 Å². The number of nitrogens with zero attached hydrogens (tertiary/aromatic N) is 3. The van der Waals surface area contributed by atoms with Gasteiger partial charge in [-0.15, -0.1) is 0 Å². The third kappa shape index (κ3) is 4.04. The number of carbonyl (C=O) groups is 1. The third-order valence-corrected chi connectivity index (χ3v) is 5.60. The first kappa shape index (κ1) is 19.2. The number of ether oxygens (including phenoxy) is 1. The lowest BCUT2D eigenvalue weighted by Gasteiger charge is -2.36. The van der Waals surface area contributed by atoms with E-state index in [4.69, 9.17) is 4.74 Å². The van der Waals surface area contributed by atoms with E-state index in [1.165, 1.54) is 0 Å². The first-order valence-electron chi connectivity index (χ1n) is 10.2. The van der Waals surface area contributed by atoms with Crippen LogP contribution in [0.15, 0.2) is 60.8 Å². The zero-order valence-electron chi connectivity index (χ0n) is 17.0. The summed E-state index contributed by atoms with van der Waals surface area (Å²) in [6.07, 6.45) is 4.56. The predicted octanol–water partition coefficient (Wildman–Crippen LogP) is 5.35. The molecular formula is C24H27N3O2. The van der Waals surface area contributed by atoms with Crippen LogP contribution in [-0.4, -0.2) is 27.1 Å². The Hall–Kier alpha value is -3.08. The van der Waals surface area contributed by atoms with Gasteiger partial charge in [0.2, 0.25) is 0 Å². The minimum Gasteiger partial charge on any atom is -0.445 e. The molecule has 0 spiro atoms. The van der Waals surface area contributed by atoms with Gasteiger partial charge in [0, 0.05) is 29.7 Å². The monoisotopic (exact) mass is 389 g/mol. The van der Waals surface area contributed by atoms with Gasteiger partial charge in [0.15, 0.2) is 0 Å². The van der Waals surface area contributed by atoms with Crippen molar-refractivity contribution >= 4 is 6.09 Å². The number of hydrogen-bond acceptors (Lipinski definition) is 3. The minimum absolute atomic E-state index is 0.0306. The van der Waals surface area contributed by atoms with Crippen molar-refractivity contribution in [2.75, 3.05) is 6.54 Å². The predicted molar refractivity (Wildman–Crippen MR) is 113 cm³/mol. The van der Waals surface area contributed by atoms with Crippen LogP contribution in [0.5, 0.6) is 0 Å². The SMILES string of the molecule is Cc1ccc(C)n1-c1ncccc1[C@H]1CCCCN1C(=O)OCc1ccccc1. The molecule has 1 atom stereocenters. The highest BCUT2D eigenvalue weighted by Crippen LogP contribution is 2.35. The smallest absolute Gasteiger partial charge is 0.410 e. The van der Waals surface area contributed by atoms with Crippen LogP contribution in [0.4, 0.5) is 4.79 Å². The van der Waals surface area contributed by atoms with Crippen LogP contribution < -0.4 is 0 Å². The highest BCUT2D eigenvalue weighted by atomic mass is 16.6. The van der Waals surface area contributed by atoms with E-state index in [1.807, 2.05) is 47.5 Å². The van der Waals surface area contributed by atoms with Crippen molar-refractivity contribution in [3.05, 3.63) is 83.3 Å². The Morgan fingerprint density at radius 1 is 1.03 bits per heavy atom. The number of aryl methyl sites for hydroxylation is 2. The number of benzene rings is 1. The summed E-state index contributed by atoms with van der Waals surface area (Å²) in [6.45, 7) is 5.16. The maximum atomic E-state index is 13.0. The highest BCUT2D eigenvalue weighted by Gasteiger charge is 2.31. The molecule has 150 valence electrons. The van der Waals surface area contributed by atoms with E-state index in [1.54, 1.807) is 0 Å². The average molecular weight is 389 g/mol. The fraction of sp³-hybridized carbons (Fsp3) is 0.333. The summed E-state index contributed by atoms with van der Waals surface area (Å²) < 4.78 is 7.82. The average Bonchev–Trinajstić information content (AvgIpc) is 3.10. The van der Waals surface area contributed by atoms with Crippen molar-refractivity contribution in [2.24, 2.45) is 0 Å². The minimum atomic E-state index is -0.255. The second-order valence-corrected chi connectivity index (χ2v) is 7.61. The van der Waals surface area contributed by atoms with Gasteiger partial charge in [-0.05, 0) is 56.9 Å². The van der Waals surface area contributed by atoms with Gasteiger partial charge in [-0.25, -0.2) is 9.78 Å². The van der Waals surface area contributed by atoms with E-state index in [0.717, 1.165) is 47.6 Å². The van der Waals surface area contributed by atoms with E-state index in [-0.39, 0.29) is 12.1 Å². The Labute approximate surface area is 171 Å². The summed E-state index contributed by atoms with van der Waals surface area (Å²) in [4.78, 5) is 19.5. The van der Waals surface area contributed by atoms with Crippen LogP contribution in [-0.2, 0) is 11.3 Å². The Morgan fingerprint density at radius 2 is 1.79 bits per heavy atom. The summed E-state index contributed by atoms with van der Waals surface area (Å²) in [7, 11) is 0. The molecule has 0 aliphatic carbocycles. The standard InChI is InChI=1S/C24H27N3O2/c1-18-13-14-19(2)27(18)23-21(11-8-15-25-23)22-12-6-7-16-26(22)24(28)29-17-20-9-4-3-5-10-20/h3-5,8-11,13-15,22H,6-7,12,16-17H2,1-2H3/t22-/m1/s1. The summed E-state index contributed by atoms with van der Waals surface area (Å²) in [6, 6.07) is 18.0. The lowest BCUT2D eigenvalue weighted by molar-refractivity contribution is 0.0678. The van der Waals surface area contributed by atoms with Gasteiger partial charge in [-0.2, -0.15) is 0 Å². The second kappa shape index (κ2) is 8.52. The van der Waals surface area contributed by atoms with Gasteiger partial charge in [-0.3, -0.25) is 0 Å². The van der Waals surface area contributed by atoms with Crippen molar-refractivity contribution in [1.29, 1.82) is 0 Å². The zero-order valence-corrected chi connectivity index (χ0v) is 17.0. The molecule has 1 aromatic carbocycles. The van der Waals surface area contributed by atoms with E-state index in [2.05, 4.69) is 41.6 Å². The molecule has 1 amide bonds. The molecule has 0 bridgehead atoms. The molecule has 3 aromatic rings. The summed E-state index contributed by atoms with van der Waals surface area (Å²) >= 11 is 0. The fourth-order valence-corrected chi connectivity index (χ4v) is 4.13. The normalized spacial score (nSPS) is 16.6. The van der Waals surface area contributed by atoms with Crippen molar-refractivity contribution < 1.29 is 9.53 Å². The third-order valence-electron chi connectivity index (χ3n) is 5.60. The fourth-order valence-electron chi connectivity index (χ4n) is 4.13. The molecule has 1 aliphatic rings. The topological polar surface area (TPSA) is 47.4 Å². The van der Waals surface area contributed by atoms with Crippen LogP contribution in [0.25, 0.3) is 5.82 Å². The van der Waals surface area contributed by atoms with Gasteiger partial charge in [0.25, 0.3) is 0 Å². The van der Waals surface area contributed by atoms with Crippen LogP contribution >= 0.6 is 0 Å². The molecule has 2 aromatic heterocycles. The number of likely N-dealkylation sites (tertiary alicyclic amines) is 1. The maximum Gasteiger partial charge on any atom is 0.410 e. The first-order valence-corrected chi connectivity index (χ1v) is 10.2. The zero-order chi connectivity index (χ0) is 20.2. The maximum absolute atomic E-state index is 13.0. The second-order valence-electron chi connectivity index (χ2n) is 7.61. The van der Waals surface area contributed by atoms with E-state index >= 15 is 0 Å². The molecule has 1 aliphatic heterocycles. The molecule has 5 heteroatoms. The van der Waals surface area contributed by atoms with Gasteiger partial charge in [0.05, 0.1) is 6.04 Å².